The normalized spacial score (nSPS) is 11.2. The van der Waals surface area contributed by atoms with Gasteiger partial charge in [-0.25, -0.2) is 0 Å². The van der Waals surface area contributed by atoms with Gasteiger partial charge in [0, 0.05) is 0 Å². The first-order chi connectivity index (χ1) is 9.43. The summed E-state index contributed by atoms with van der Waals surface area (Å²) in [6.07, 6.45) is 1.97. The zero-order chi connectivity index (χ0) is 12.7. The van der Waals surface area contributed by atoms with Gasteiger partial charge < -0.3 is 0 Å². The van der Waals surface area contributed by atoms with E-state index in [4.69, 9.17) is 0 Å². The molecule has 92 valence electrons. The fourth-order valence-electron chi connectivity index (χ4n) is 1.98. The molecule has 0 aromatic carbocycles. The van der Waals surface area contributed by atoms with E-state index < -0.39 is 0 Å². The van der Waals surface area contributed by atoms with Crippen LogP contribution < -0.4 is 0 Å². The number of pyridine rings is 1. The fraction of sp³-hybridized carbons (Fsp3) is 0. The summed E-state index contributed by atoms with van der Waals surface area (Å²) < 4.78 is 11.6. The maximum absolute atomic E-state index is 4.66. The van der Waals surface area contributed by atoms with E-state index in [0.717, 1.165) is 22.3 Å². The molecular formula is C13H7N3SSe2. The van der Waals surface area contributed by atoms with E-state index in [9.17, 15) is 0 Å². The minimum atomic E-state index is 0.378. The molecule has 0 atom stereocenters. The third-order valence-corrected chi connectivity index (χ3v) is 7.09. The van der Waals surface area contributed by atoms with Gasteiger partial charge in [-0.15, -0.1) is 0 Å². The number of rotatable bonds is 2. The summed E-state index contributed by atoms with van der Waals surface area (Å²) in [4.78, 5) is 9.08. The molecule has 0 aliphatic carbocycles. The second-order valence-corrected chi connectivity index (χ2v) is 8.44. The first-order valence-corrected chi connectivity index (χ1v) is 10.0. The van der Waals surface area contributed by atoms with Gasteiger partial charge in [-0.3, -0.25) is 0 Å². The molecular weight excluding hydrogens is 388 g/mol. The molecule has 0 unspecified atom stereocenters. The predicted octanol–water partition coefficient (Wildman–Crippen LogP) is 2.53. The molecule has 4 heterocycles. The summed E-state index contributed by atoms with van der Waals surface area (Å²) in [7, 11) is 0. The Morgan fingerprint density at radius 3 is 2.37 bits per heavy atom. The van der Waals surface area contributed by atoms with Crippen LogP contribution in [0.3, 0.4) is 0 Å². The molecule has 0 amide bonds. The molecule has 0 aliphatic heterocycles. The Morgan fingerprint density at radius 2 is 1.63 bits per heavy atom. The molecule has 4 aromatic rings. The van der Waals surface area contributed by atoms with Gasteiger partial charge in [0.1, 0.15) is 0 Å². The maximum atomic E-state index is 4.66. The number of fused-ring (bicyclic) bond motifs is 1. The molecule has 4 rings (SSSR count). The Bertz CT molecular complexity index is 751. The van der Waals surface area contributed by atoms with Crippen molar-refractivity contribution in [2.24, 2.45) is 0 Å². The van der Waals surface area contributed by atoms with E-state index in [-0.39, 0.29) is 0 Å². The van der Waals surface area contributed by atoms with Crippen molar-refractivity contribution < 1.29 is 0 Å². The molecule has 3 nitrogen and oxygen atoms in total. The van der Waals surface area contributed by atoms with Crippen LogP contribution in [-0.2, 0) is 0 Å². The second-order valence-electron chi connectivity index (χ2n) is 3.94. The van der Waals surface area contributed by atoms with Crippen molar-refractivity contribution in [2.45, 2.75) is 0 Å². The molecule has 0 aliphatic rings. The molecule has 0 fully saturated rings. The van der Waals surface area contributed by atoms with Gasteiger partial charge in [0.25, 0.3) is 0 Å². The summed E-state index contributed by atoms with van der Waals surface area (Å²) >= 11 is 2.06. The van der Waals surface area contributed by atoms with E-state index >= 15 is 0 Å². The van der Waals surface area contributed by atoms with Crippen molar-refractivity contribution in [3.05, 3.63) is 40.3 Å². The van der Waals surface area contributed by atoms with Gasteiger partial charge in [-0.1, -0.05) is 0 Å². The summed E-state index contributed by atoms with van der Waals surface area (Å²) in [5.41, 5.74) is 4.13. The first-order valence-electron chi connectivity index (χ1n) is 5.62. The zero-order valence-corrected chi connectivity index (χ0v) is 13.9. The van der Waals surface area contributed by atoms with Gasteiger partial charge >= 0.3 is 126 Å². The number of hydrogen-bond acceptors (Lipinski definition) is 4. The number of aromatic nitrogens is 3. The summed E-state index contributed by atoms with van der Waals surface area (Å²) in [5, 5.41) is 0. The van der Waals surface area contributed by atoms with Crippen LogP contribution in [0.5, 0.6) is 0 Å². The molecule has 19 heavy (non-hydrogen) atoms. The SMILES string of the molecule is c1c[se]c(-c2cnc(-c3ccc[se]3)c3nsnc23)c1. The van der Waals surface area contributed by atoms with Gasteiger partial charge in [0.05, 0.1) is 0 Å². The first kappa shape index (κ1) is 11.8. The van der Waals surface area contributed by atoms with Gasteiger partial charge in [-0.05, 0) is 0 Å². The van der Waals surface area contributed by atoms with Crippen molar-refractivity contribution in [1.29, 1.82) is 0 Å². The Labute approximate surface area is 125 Å². The van der Waals surface area contributed by atoms with E-state index in [1.165, 1.54) is 20.6 Å². The Balaban J connectivity index is 2.01. The van der Waals surface area contributed by atoms with E-state index in [1.54, 1.807) is 0 Å². The van der Waals surface area contributed by atoms with E-state index in [2.05, 4.69) is 47.9 Å². The minimum absolute atomic E-state index is 0.378. The van der Waals surface area contributed by atoms with Crippen LogP contribution >= 0.6 is 11.7 Å². The van der Waals surface area contributed by atoms with Crippen LogP contribution in [-0.4, -0.2) is 42.7 Å². The van der Waals surface area contributed by atoms with Gasteiger partial charge in [0.15, 0.2) is 0 Å². The van der Waals surface area contributed by atoms with E-state index in [1.807, 2.05) is 6.20 Å². The zero-order valence-electron chi connectivity index (χ0n) is 9.61. The number of hydrogen-bond donors (Lipinski definition) is 0. The quantitative estimate of drug-likeness (QED) is 0.490. The molecule has 0 spiro atoms. The topological polar surface area (TPSA) is 38.7 Å². The van der Waals surface area contributed by atoms with Crippen molar-refractivity contribution >= 4 is 51.8 Å². The molecule has 0 radical (unpaired) electrons. The van der Waals surface area contributed by atoms with Crippen LogP contribution in [0.25, 0.3) is 31.2 Å². The van der Waals surface area contributed by atoms with Gasteiger partial charge in [0.2, 0.25) is 0 Å². The monoisotopic (exact) mass is 397 g/mol. The Hall–Kier alpha value is -1.03. The van der Waals surface area contributed by atoms with Crippen LogP contribution in [0, 0.1) is 0 Å². The van der Waals surface area contributed by atoms with Crippen LogP contribution in [0.15, 0.2) is 40.3 Å². The molecule has 4 aromatic heterocycles. The van der Waals surface area contributed by atoms with Gasteiger partial charge in [-0.2, -0.15) is 0 Å². The molecule has 0 saturated heterocycles. The van der Waals surface area contributed by atoms with Crippen LogP contribution in [0.2, 0.25) is 0 Å². The van der Waals surface area contributed by atoms with Crippen LogP contribution in [0.1, 0.15) is 0 Å². The molecule has 0 N–H and O–H groups in total. The fourth-order valence-corrected chi connectivity index (χ4v) is 5.60. The van der Waals surface area contributed by atoms with Crippen molar-refractivity contribution in [2.75, 3.05) is 0 Å². The number of nitrogens with zero attached hydrogens (tertiary/aromatic N) is 3. The Morgan fingerprint density at radius 1 is 0.895 bits per heavy atom. The summed E-state index contributed by atoms with van der Waals surface area (Å²) in [6.45, 7) is 0. The van der Waals surface area contributed by atoms with Crippen LogP contribution in [0.4, 0.5) is 0 Å². The standard InChI is InChI=1S/C13H7N3SSe2/c1-3-9(18-5-1)8-7-14-12(10-4-2-6-19-10)13-11(8)15-17-16-13/h1-7H. The van der Waals surface area contributed by atoms with Crippen molar-refractivity contribution in [3.8, 4) is 20.1 Å². The molecule has 6 heteroatoms. The van der Waals surface area contributed by atoms with E-state index in [0.29, 0.717) is 29.0 Å². The molecule has 0 saturated carbocycles. The average Bonchev–Trinajstić information content (AvgIpc) is 3.19. The Kier molecular flexibility index (Phi) is 2.98. The predicted molar refractivity (Wildman–Crippen MR) is 80.0 cm³/mol. The second kappa shape index (κ2) is 4.82. The molecule has 0 bridgehead atoms. The van der Waals surface area contributed by atoms with Crippen molar-refractivity contribution in [1.82, 2.24) is 13.7 Å². The summed E-state index contributed by atoms with van der Waals surface area (Å²) in [5.74, 6) is 0. The average molecular weight is 395 g/mol. The van der Waals surface area contributed by atoms with Crippen molar-refractivity contribution in [3.63, 3.8) is 0 Å². The summed E-state index contributed by atoms with van der Waals surface area (Å²) in [6, 6.07) is 8.52. The third-order valence-electron chi connectivity index (χ3n) is 2.83. The third kappa shape index (κ3) is 1.97.